The van der Waals surface area contributed by atoms with E-state index in [1.807, 2.05) is 0 Å². The van der Waals surface area contributed by atoms with E-state index < -0.39 is 40.3 Å². The minimum Gasteiger partial charge on any atom is -0.478 e. The van der Waals surface area contributed by atoms with Crippen LogP contribution in [0.15, 0.2) is 47.3 Å². The number of aromatic carboxylic acids is 2. The Morgan fingerprint density at radius 1 is 1.00 bits per heavy atom. The number of rotatable bonds is 4. The Labute approximate surface area is 157 Å². The number of nitrogens with one attached hydrogen (secondary N) is 1. The largest absolute Gasteiger partial charge is 0.478 e. The van der Waals surface area contributed by atoms with Crippen LogP contribution in [0.4, 0.5) is 10.2 Å². The highest BCUT2D eigenvalue weighted by molar-refractivity contribution is 6.07. The molecule has 2 aromatic carbocycles. The van der Waals surface area contributed by atoms with Crippen molar-refractivity contribution in [3.63, 3.8) is 0 Å². The predicted octanol–water partition coefficient (Wildman–Crippen LogP) is 3.14. The van der Waals surface area contributed by atoms with Crippen LogP contribution in [0.5, 0.6) is 0 Å². The fourth-order valence-electron chi connectivity index (χ4n) is 3.08. The summed E-state index contributed by atoms with van der Waals surface area (Å²) in [6.45, 7) is 1.78. The van der Waals surface area contributed by atoms with Crippen molar-refractivity contribution >= 4 is 17.8 Å². The lowest BCUT2D eigenvalue weighted by Crippen LogP contribution is -2.24. The number of hydrogen-bond acceptors (Lipinski definition) is 4. The Morgan fingerprint density at radius 3 is 2.29 bits per heavy atom. The molecular formula is C20H15FN2O5. The monoisotopic (exact) mass is 382 g/mol. The van der Waals surface area contributed by atoms with Crippen LogP contribution in [-0.2, 0) is 0 Å². The van der Waals surface area contributed by atoms with E-state index in [1.165, 1.54) is 24.3 Å². The molecule has 0 unspecified atom stereocenters. The lowest BCUT2D eigenvalue weighted by Gasteiger charge is -2.14. The van der Waals surface area contributed by atoms with E-state index in [1.54, 1.807) is 25.1 Å². The van der Waals surface area contributed by atoms with E-state index >= 15 is 0 Å². The topological polar surface area (TPSA) is 133 Å². The highest BCUT2D eigenvalue weighted by Crippen LogP contribution is 2.33. The van der Waals surface area contributed by atoms with Crippen LogP contribution in [0.1, 0.15) is 26.3 Å². The summed E-state index contributed by atoms with van der Waals surface area (Å²) in [4.78, 5) is 37.6. The quantitative estimate of drug-likeness (QED) is 0.548. The van der Waals surface area contributed by atoms with E-state index in [2.05, 4.69) is 4.98 Å². The van der Waals surface area contributed by atoms with Crippen LogP contribution in [0, 0.1) is 12.7 Å². The molecule has 0 saturated carbocycles. The Bertz CT molecular complexity index is 1180. The molecule has 0 amide bonds. The maximum absolute atomic E-state index is 13.7. The van der Waals surface area contributed by atoms with Crippen LogP contribution in [0.25, 0.3) is 22.3 Å². The van der Waals surface area contributed by atoms with Gasteiger partial charge in [0.2, 0.25) is 0 Å². The van der Waals surface area contributed by atoms with Gasteiger partial charge in [0.05, 0.1) is 0 Å². The van der Waals surface area contributed by atoms with E-state index in [4.69, 9.17) is 5.73 Å². The van der Waals surface area contributed by atoms with Gasteiger partial charge < -0.3 is 20.9 Å². The van der Waals surface area contributed by atoms with Crippen molar-refractivity contribution in [3.05, 3.63) is 75.3 Å². The first-order valence-corrected chi connectivity index (χ1v) is 8.10. The number of benzene rings is 2. The van der Waals surface area contributed by atoms with Crippen LogP contribution in [-0.4, -0.2) is 27.1 Å². The Kier molecular flexibility index (Phi) is 4.70. The third kappa shape index (κ3) is 3.23. The molecule has 0 aliphatic rings. The zero-order chi connectivity index (χ0) is 20.6. The number of hydrogen-bond donors (Lipinski definition) is 4. The summed E-state index contributed by atoms with van der Waals surface area (Å²) in [5.74, 6) is -3.99. The summed E-state index contributed by atoms with van der Waals surface area (Å²) >= 11 is 0. The first-order valence-electron chi connectivity index (χ1n) is 8.10. The fourth-order valence-corrected chi connectivity index (χ4v) is 3.08. The lowest BCUT2D eigenvalue weighted by atomic mass is 9.92. The smallest absolute Gasteiger partial charge is 0.342 e. The molecule has 3 aromatic rings. The third-order valence-electron chi connectivity index (χ3n) is 4.33. The van der Waals surface area contributed by atoms with E-state index in [0.717, 1.165) is 5.56 Å². The third-order valence-corrected chi connectivity index (χ3v) is 4.33. The number of aromatic nitrogens is 1. The maximum Gasteiger partial charge on any atom is 0.342 e. The number of carbonyl (C=O) groups is 2. The molecule has 0 aliphatic heterocycles. The van der Waals surface area contributed by atoms with Crippen LogP contribution in [0.3, 0.4) is 0 Å². The molecule has 0 aliphatic carbocycles. The predicted molar refractivity (Wildman–Crippen MR) is 101 cm³/mol. The van der Waals surface area contributed by atoms with Gasteiger partial charge in [0.15, 0.2) is 0 Å². The van der Waals surface area contributed by atoms with Gasteiger partial charge in [-0.05, 0) is 47.4 Å². The highest BCUT2D eigenvalue weighted by atomic mass is 19.1. The van der Waals surface area contributed by atoms with Gasteiger partial charge in [-0.1, -0.05) is 24.3 Å². The molecule has 0 atom stereocenters. The first-order chi connectivity index (χ1) is 13.2. The zero-order valence-electron chi connectivity index (χ0n) is 14.6. The number of aryl methyl sites for hydroxylation is 1. The highest BCUT2D eigenvalue weighted by Gasteiger charge is 2.26. The summed E-state index contributed by atoms with van der Waals surface area (Å²) in [5.41, 5.74) is 5.06. The van der Waals surface area contributed by atoms with Crippen molar-refractivity contribution < 1.29 is 24.2 Å². The van der Waals surface area contributed by atoms with Crippen LogP contribution in [0.2, 0.25) is 0 Å². The summed E-state index contributed by atoms with van der Waals surface area (Å²) in [6, 6.07) is 10.4. The number of carboxylic acid groups (broad SMARTS) is 2. The van der Waals surface area contributed by atoms with Crippen LogP contribution >= 0.6 is 0 Å². The molecule has 0 saturated heterocycles. The molecule has 7 nitrogen and oxygen atoms in total. The number of anilines is 1. The standard InChI is InChI=1S/C20H15FN2O5/c1-9-5-6-12(21)8-13(9)10-3-2-4-11(7-10)14-15(19(25)26)17(22)23-18(24)16(14)20(27)28/h2-8H,1H3,(H,25,26)(H,27,28)(H3,22,23,24). The van der Waals surface area contributed by atoms with Gasteiger partial charge in [-0.15, -0.1) is 0 Å². The second kappa shape index (κ2) is 6.99. The van der Waals surface area contributed by atoms with Crippen molar-refractivity contribution in [2.75, 3.05) is 5.73 Å². The van der Waals surface area contributed by atoms with Crippen molar-refractivity contribution in [1.82, 2.24) is 4.98 Å². The molecule has 1 aromatic heterocycles. The Morgan fingerprint density at radius 2 is 1.64 bits per heavy atom. The summed E-state index contributed by atoms with van der Waals surface area (Å²) in [7, 11) is 0. The van der Waals surface area contributed by atoms with Crippen molar-refractivity contribution in [3.8, 4) is 22.3 Å². The summed E-state index contributed by atoms with van der Waals surface area (Å²) < 4.78 is 13.7. The maximum atomic E-state index is 13.7. The number of pyridine rings is 1. The molecule has 0 spiro atoms. The molecule has 5 N–H and O–H groups in total. The van der Waals surface area contributed by atoms with E-state index in [9.17, 15) is 29.0 Å². The van der Waals surface area contributed by atoms with Crippen molar-refractivity contribution in [1.29, 1.82) is 0 Å². The van der Waals surface area contributed by atoms with Gasteiger partial charge in [0, 0.05) is 5.56 Å². The summed E-state index contributed by atoms with van der Waals surface area (Å²) in [6.07, 6.45) is 0. The molecule has 0 bridgehead atoms. The number of nitrogen functional groups attached to an aromatic ring is 1. The van der Waals surface area contributed by atoms with Crippen LogP contribution < -0.4 is 11.3 Å². The molecule has 3 rings (SSSR count). The molecule has 1 heterocycles. The van der Waals surface area contributed by atoms with Gasteiger partial charge >= 0.3 is 11.9 Å². The second-order valence-corrected chi connectivity index (χ2v) is 6.14. The number of halogens is 1. The van der Waals surface area contributed by atoms with Crippen molar-refractivity contribution in [2.45, 2.75) is 6.92 Å². The molecule has 142 valence electrons. The molecule has 8 heteroatoms. The molecular weight excluding hydrogens is 367 g/mol. The van der Waals surface area contributed by atoms with Gasteiger partial charge in [-0.2, -0.15) is 0 Å². The average Bonchev–Trinajstić information content (AvgIpc) is 2.62. The van der Waals surface area contributed by atoms with Gasteiger partial charge in [0.1, 0.15) is 22.8 Å². The Balaban J connectivity index is 2.37. The lowest BCUT2D eigenvalue weighted by molar-refractivity contribution is 0.0695. The fraction of sp³-hybridized carbons (Fsp3) is 0.0500. The average molecular weight is 382 g/mol. The number of carboxylic acids is 2. The number of aromatic amines is 1. The van der Waals surface area contributed by atoms with Gasteiger partial charge in [-0.25, -0.2) is 14.0 Å². The minimum absolute atomic E-state index is 0.161. The SMILES string of the molecule is Cc1ccc(F)cc1-c1cccc(-c2c(C(=O)O)c(N)[nH]c(=O)c2C(=O)O)c1. The first kappa shape index (κ1) is 18.8. The van der Waals surface area contributed by atoms with E-state index in [-0.39, 0.29) is 11.1 Å². The molecule has 0 radical (unpaired) electrons. The zero-order valence-corrected chi connectivity index (χ0v) is 14.6. The number of nitrogens with two attached hydrogens (primary N) is 1. The van der Waals surface area contributed by atoms with Crippen molar-refractivity contribution in [2.24, 2.45) is 0 Å². The van der Waals surface area contributed by atoms with Gasteiger partial charge in [0.25, 0.3) is 5.56 Å². The Hall–Kier alpha value is -3.94. The van der Waals surface area contributed by atoms with E-state index in [0.29, 0.717) is 11.1 Å². The summed E-state index contributed by atoms with van der Waals surface area (Å²) in [5, 5.41) is 19.0. The minimum atomic E-state index is -1.59. The number of H-pyrrole nitrogens is 1. The molecule has 0 fully saturated rings. The molecule has 28 heavy (non-hydrogen) atoms. The second-order valence-electron chi connectivity index (χ2n) is 6.14. The normalized spacial score (nSPS) is 10.6. The van der Waals surface area contributed by atoms with Gasteiger partial charge in [-0.3, -0.25) is 4.79 Å².